The lowest BCUT2D eigenvalue weighted by molar-refractivity contribution is 0.0361. The highest BCUT2D eigenvalue weighted by molar-refractivity contribution is 5.31. The SMILES string of the molecule is CCCOCC(O)c1ccc(C)cc1C. The minimum Gasteiger partial charge on any atom is -0.386 e. The number of hydrogen-bond acceptors (Lipinski definition) is 2. The van der Waals surface area contributed by atoms with E-state index in [1.807, 2.05) is 19.1 Å². The molecular weight excluding hydrogens is 188 g/mol. The van der Waals surface area contributed by atoms with Gasteiger partial charge in [-0.25, -0.2) is 0 Å². The number of aliphatic hydroxyl groups is 1. The summed E-state index contributed by atoms with van der Waals surface area (Å²) in [5, 5.41) is 9.89. The van der Waals surface area contributed by atoms with Crippen LogP contribution < -0.4 is 0 Å². The third-order valence-electron chi connectivity index (χ3n) is 2.41. The number of rotatable bonds is 5. The summed E-state index contributed by atoms with van der Waals surface area (Å²) in [5.41, 5.74) is 3.32. The molecule has 0 saturated heterocycles. The predicted molar refractivity (Wildman–Crippen MR) is 62.0 cm³/mol. The van der Waals surface area contributed by atoms with Gasteiger partial charge in [0.2, 0.25) is 0 Å². The van der Waals surface area contributed by atoms with Crippen molar-refractivity contribution in [3.63, 3.8) is 0 Å². The molecule has 0 fully saturated rings. The number of benzene rings is 1. The molecule has 0 spiro atoms. The van der Waals surface area contributed by atoms with Crippen molar-refractivity contribution in [2.75, 3.05) is 13.2 Å². The summed E-state index contributed by atoms with van der Waals surface area (Å²) in [6.07, 6.45) is 0.483. The van der Waals surface area contributed by atoms with Gasteiger partial charge in [-0.15, -0.1) is 0 Å². The number of ether oxygens (including phenoxy) is 1. The maximum absolute atomic E-state index is 9.89. The standard InChI is InChI=1S/C13H20O2/c1-4-7-15-9-13(14)12-6-5-10(2)8-11(12)3/h5-6,8,13-14H,4,7,9H2,1-3H3. The summed E-state index contributed by atoms with van der Waals surface area (Å²) in [6, 6.07) is 6.08. The van der Waals surface area contributed by atoms with Crippen molar-refractivity contribution in [1.82, 2.24) is 0 Å². The van der Waals surface area contributed by atoms with Crippen LogP contribution in [0.4, 0.5) is 0 Å². The Hall–Kier alpha value is -0.860. The molecule has 15 heavy (non-hydrogen) atoms. The fourth-order valence-corrected chi connectivity index (χ4v) is 1.63. The summed E-state index contributed by atoms with van der Waals surface area (Å²) in [4.78, 5) is 0. The molecule has 0 bridgehead atoms. The third-order valence-corrected chi connectivity index (χ3v) is 2.41. The van der Waals surface area contributed by atoms with Gasteiger partial charge < -0.3 is 9.84 Å². The van der Waals surface area contributed by atoms with E-state index < -0.39 is 6.10 Å². The van der Waals surface area contributed by atoms with Crippen LogP contribution in [0.15, 0.2) is 18.2 Å². The summed E-state index contributed by atoms with van der Waals surface area (Å²) < 4.78 is 5.33. The maximum Gasteiger partial charge on any atom is 0.103 e. The van der Waals surface area contributed by atoms with E-state index in [1.165, 1.54) is 5.56 Å². The third kappa shape index (κ3) is 3.65. The van der Waals surface area contributed by atoms with Gasteiger partial charge >= 0.3 is 0 Å². The Kier molecular flexibility index (Phi) is 4.79. The van der Waals surface area contributed by atoms with E-state index in [2.05, 4.69) is 19.9 Å². The smallest absolute Gasteiger partial charge is 0.103 e. The summed E-state index contributed by atoms with van der Waals surface area (Å²) >= 11 is 0. The van der Waals surface area contributed by atoms with Crippen LogP contribution in [0.3, 0.4) is 0 Å². The fraction of sp³-hybridized carbons (Fsp3) is 0.538. The fourth-order valence-electron chi connectivity index (χ4n) is 1.63. The Morgan fingerprint density at radius 2 is 2.07 bits per heavy atom. The molecule has 1 unspecified atom stereocenters. The van der Waals surface area contributed by atoms with Crippen LogP contribution in [0.25, 0.3) is 0 Å². The van der Waals surface area contributed by atoms with Gasteiger partial charge in [0.05, 0.1) is 6.61 Å². The van der Waals surface area contributed by atoms with Gasteiger partial charge in [-0.1, -0.05) is 30.7 Å². The van der Waals surface area contributed by atoms with E-state index in [0.717, 1.165) is 17.5 Å². The molecule has 2 heteroatoms. The Morgan fingerprint density at radius 1 is 1.33 bits per heavy atom. The van der Waals surface area contributed by atoms with Crippen LogP contribution >= 0.6 is 0 Å². The highest BCUT2D eigenvalue weighted by atomic mass is 16.5. The Morgan fingerprint density at radius 3 is 2.67 bits per heavy atom. The van der Waals surface area contributed by atoms with Crippen molar-refractivity contribution in [3.05, 3.63) is 34.9 Å². The summed E-state index contributed by atoms with van der Waals surface area (Å²) in [7, 11) is 0. The van der Waals surface area contributed by atoms with Gasteiger partial charge in [0.15, 0.2) is 0 Å². The average molecular weight is 208 g/mol. The number of aryl methyl sites for hydroxylation is 2. The Bertz CT molecular complexity index is 307. The lowest BCUT2D eigenvalue weighted by atomic mass is 10.0. The predicted octanol–water partition coefficient (Wildman–Crippen LogP) is 2.76. The molecule has 1 aromatic rings. The minimum absolute atomic E-state index is 0.387. The van der Waals surface area contributed by atoms with Crippen molar-refractivity contribution in [3.8, 4) is 0 Å². The molecule has 1 aromatic carbocycles. The van der Waals surface area contributed by atoms with Crippen molar-refractivity contribution < 1.29 is 9.84 Å². The van der Waals surface area contributed by atoms with Crippen LogP contribution in [-0.4, -0.2) is 18.3 Å². The normalized spacial score (nSPS) is 12.8. The molecular formula is C13H20O2. The molecule has 84 valence electrons. The molecule has 0 heterocycles. The monoisotopic (exact) mass is 208 g/mol. The molecule has 0 aromatic heterocycles. The average Bonchev–Trinajstić information content (AvgIpc) is 2.17. The molecule has 0 aliphatic heterocycles. The zero-order valence-electron chi connectivity index (χ0n) is 9.79. The van der Waals surface area contributed by atoms with E-state index in [1.54, 1.807) is 0 Å². The lowest BCUT2D eigenvalue weighted by Crippen LogP contribution is -2.09. The van der Waals surface area contributed by atoms with Crippen molar-refractivity contribution in [1.29, 1.82) is 0 Å². The number of aliphatic hydroxyl groups excluding tert-OH is 1. The maximum atomic E-state index is 9.89. The topological polar surface area (TPSA) is 29.5 Å². The zero-order valence-corrected chi connectivity index (χ0v) is 9.79. The van der Waals surface area contributed by atoms with Gasteiger partial charge in [0, 0.05) is 6.61 Å². The van der Waals surface area contributed by atoms with Gasteiger partial charge in [0.1, 0.15) is 6.10 Å². The number of hydrogen-bond donors (Lipinski definition) is 1. The largest absolute Gasteiger partial charge is 0.386 e. The molecule has 0 aliphatic rings. The molecule has 1 atom stereocenters. The van der Waals surface area contributed by atoms with E-state index in [4.69, 9.17) is 4.74 Å². The highest BCUT2D eigenvalue weighted by Gasteiger charge is 2.09. The Balaban J connectivity index is 2.61. The van der Waals surface area contributed by atoms with E-state index in [9.17, 15) is 5.11 Å². The minimum atomic E-state index is -0.503. The van der Waals surface area contributed by atoms with Gasteiger partial charge in [-0.05, 0) is 31.4 Å². The molecule has 0 aliphatic carbocycles. The molecule has 1 N–H and O–H groups in total. The van der Waals surface area contributed by atoms with Crippen molar-refractivity contribution in [2.45, 2.75) is 33.3 Å². The van der Waals surface area contributed by atoms with Crippen LogP contribution in [0.2, 0.25) is 0 Å². The van der Waals surface area contributed by atoms with Gasteiger partial charge in [-0.3, -0.25) is 0 Å². The molecule has 0 amide bonds. The first-order chi connectivity index (χ1) is 7.15. The lowest BCUT2D eigenvalue weighted by Gasteiger charge is -2.14. The molecule has 0 saturated carbocycles. The first kappa shape index (κ1) is 12.2. The molecule has 2 nitrogen and oxygen atoms in total. The van der Waals surface area contributed by atoms with Crippen LogP contribution in [-0.2, 0) is 4.74 Å². The zero-order chi connectivity index (χ0) is 11.3. The van der Waals surface area contributed by atoms with Crippen LogP contribution in [0.5, 0.6) is 0 Å². The second-order valence-corrected chi connectivity index (χ2v) is 3.95. The van der Waals surface area contributed by atoms with E-state index >= 15 is 0 Å². The first-order valence-corrected chi connectivity index (χ1v) is 5.48. The Labute approximate surface area is 91.9 Å². The van der Waals surface area contributed by atoms with E-state index in [-0.39, 0.29) is 0 Å². The molecule has 1 rings (SSSR count). The van der Waals surface area contributed by atoms with Crippen molar-refractivity contribution >= 4 is 0 Å². The second-order valence-electron chi connectivity index (χ2n) is 3.95. The van der Waals surface area contributed by atoms with Crippen LogP contribution in [0, 0.1) is 13.8 Å². The van der Waals surface area contributed by atoms with Crippen LogP contribution in [0.1, 0.15) is 36.1 Å². The highest BCUT2D eigenvalue weighted by Crippen LogP contribution is 2.19. The van der Waals surface area contributed by atoms with Gasteiger partial charge in [0.25, 0.3) is 0 Å². The summed E-state index contributed by atoms with van der Waals surface area (Å²) in [6.45, 7) is 7.23. The van der Waals surface area contributed by atoms with Gasteiger partial charge in [-0.2, -0.15) is 0 Å². The summed E-state index contributed by atoms with van der Waals surface area (Å²) in [5.74, 6) is 0. The first-order valence-electron chi connectivity index (χ1n) is 5.48. The van der Waals surface area contributed by atoms with Crippen molar-refractivity contribution in [2.24, 2.45) is 0 Å². The van der Waals surface area contributed by atoms with E-state index in [0.29, 0.717) is 13.2 Å². The quantitative estimate of drug-likeness (QED) is 0.754. The second kappa shape index (κ2) is 5.89. The molecule has 0 radical (unpaired) electrons.